The largest absolute Gasteiger partial charge is 0.434 e. The molecule has 0 fully saturated rings. The number of rotatable bonds is 4. The van der Waals surface area contributed by atoms with Gasteiger partial charge in [-0.3, -0.25) is 9.89 Å². The van der Waals surface area contributed by atoms with E-state index in [1.54, 1.807) is 18.2 Å². The van der Waals surface area contributed by atoms with Gasteiger partial charge in [0.25, 0.3) is 5.91 Å². The van der Waals surface area contributed by atoms with Gasteiger partial charge in [0, 0.05) is 5.56 Å². The van der Waals surface area contributed by atoms with Crippen molar-refractivity contribution in [1.29, 1.82) is 0 Å². The minimum atomic E-state index is -4.87. The minimum Gasteiger partial charge on any atom is -0.319 e. The summed E-state index contributed by atoms with van der Waals surface area (Å²) in [5.74, 6) is -1.69. The van der Waals surface area contributed by atoms with Crippen molar-refractivity contribution in [3.63, 3.8) is 0 Å². The number of carbonyl (C=O) groups is 1. The van der Waals surface area contributed by atoms with Crippen LogP contribution in [0.2, 0.25) is 0 Å². The van der Waals surface area contributed by atoms with Gasteiger partial charge in [-0.05, 0) is 30.3 Å². The summed E-state index contributed by atoms with van der Waals surface area (Å²) in [6.07, 6.45) is -2.83. The van der Waals surface area contributed by atoms with Gasteiger partial charge in [0.15, 0.2) is 11.5 Å². The molecule has 2 heterocycles. The van der Waals surface area contributed by atoms with E-state index in [1.165, 1.54) is 30.6 Å². The maximum atomic E-state index is 14.4. The Balaban J connectivity index is 1.67. The van der Waals surface area contributed by atoms with E-state index in [0.29, 0.717) is 16.1 Å². The first-order chi connectivity index (χ1) is 14.3. The number of aromatic amines is 1. The van der Waals surface area contributed by atoms with Crippen molar-refractivity contribution in [3.05, 3.63) is 78.1 Å². The fourth-order valence-electron chi connectivity index (χ4n) is 2.85. The van der Waals surface area contributed by atoms with Crippen LogP contribution in [0.15, 0.2) is 61.1 Å². The van der Waals surface area contributed by atoms with E-state index in [0.717, 1.165) is 12.3 Å². The van der Waals surface area contributed by atoms with Crippen molar-refractivity contribution in [2.75, 3.05) is 5.32 Å². The molecule has 30 heavy (non-hydrogen) atoms. The van der Waals surface area contributed by atoms with Crippen molar-refractivity contribution in [3.8, 4) is 17.1 Å². The number of alkyl halides is 3. The third-order valence-corrected chi connectivity index (χ3v) is 4.19. The Hall–Kier alpha value is -4.02. The summed E-state index contributed by atoms with van der Waals surface area (Å²) in [4.78, 5) is 16.4. The number of hydrogen-bond acceptors (Lipinski definition) is 4. The Labute approximate surface area is 166 Å². The van der Waals surface area contributed by atoms with Crippen LogP contribution in [0.1, 0.15) is 16.1 Å². The van der Waals surface area contributed by atoms with Gasteiger partial charge >= 0.3 is 6.18 Å². The first-order valence-electron chi connectivity index (χ1n) is 8.52. The second-order valence-corrected chi connectivity index (χ2v) is 6.13. The quantitative estimate of drug-likeness (QED) is 0.491. The highest BCUT2D eigenvalue weighted by Gasteiger charge is 2.40. The van der Waals surface area contributed by atoms with Gasteiger partial charge in [0.2, 0.25) is 0 Å². The fourth-order valence-corrected chi connectivity index (χ4v) is 2.85. The summed E-state index contributed by atoms with van der Waals surface area (Å²) in [6, 6.07) is 11.3. The third kappa shape index (κ3) is 3.64. The number of anilines is 1. The second kappa shape index (κ2) is 7.43. The molecule has 4 aromatic rings. The number of halogens is 4. The summed E-state index contributed by atoms with van der Waals surface area (Å²) in [5.41, 5.74) is -1.79. The summed E-state index contributed by atoms with van der Waals surface area (Å²) in [5, 5.41) is 12.1. The molecule has 1 amide bonds. The Kier molecular flexibility index (Phi) is 4.78. The maximum Gasteiger partial charge on any atom is 0.434 e. The van der Waals surface area contributed by atoms with Gasteiger partial charge < -0.3 is 5.32 Å². The lowest BCUT2D eigenvalue weighted by atomic mass is 10.1. The van der Waals surface area contributed by atoms with Crippen molar-refractivity contribution < 1.29 is 22.4 Å². The van der Waals surface area contributed by atoms with Gasteiger partial charge in [-0.2, -0.15) is 23.4 Å². The normalized spacial score (nSPS) is 11.5. The van der Waals surface area contributed by atoms with Crippen LogP contribution in [0, 0.1) is 5.82 Å². The zero-order valence-electron chi connectivity index (χ0n) is 15.0. The highest BCUT2D eigenvalue weighted by Crippen LogP contribution is 2.34. The number of benzene rings is 2. The topological polar surface area (TPSA) is 88.5 Å². The van der Waals surface area contributed by atoms with E-state index < -0.39 is 29.2 Å². The molecule has 2 aromatic carbocycles. The number of nitrogens with one attached hydrogen (secondary N) is 2. The molecule has 0 radical (unpaired) electrons. The molecule has 0 aliphatic heterocycles. The lowest BCUT2D eigenvalue weighted by Gasteiger charge is -2.13. The van der Waals surface area contributed by atoms with Crippen molar-refractivity contribution in [1.82, 2.24) is 25.0 Å². The van der Waals surface area contributed by atoms with Crippen molar-refractivity contribution in [2.24, 2.45) is 0 Å². The van der Waals surface area contributed by atoms with E-state index in [1.807, 2.05) is 0 Å². The monoisotopic (exact) mass is 416 g/mol. The molecule has 7 nitrogen and oxygen atoms in total. The van der Waals surface area contributed by atoms with Crippen LogP contribution in [0.3, 0.4) is 0 Å². The fraction of sp³-hybridized carbons (Fsp3) is 0.0526. The molecule has 0 unspecified atom stereocenters. The summed E-state index contributed by atoms with van der Waals surface area (Å²) >= 11 is 0. The molecule has 11 heteroatoms. The van der Waals surface area contributed by atoms with E-state index in [-0.39, 0.29) is 11.4 Å². The van der Waals surface area contributed by atoms with Gasteiger partial charge in [-0.25, -0.2) is 14.1 Å². The summed E-state index contributed by atoms with van der Waals surface area (Å²) in [6.45, 7) is 0. The van der Waals surface area contributed by atoms with Crippen LogP contribution in [0.5, 0.6) is 0 Å². The predicted molar refractivity (Wildman–Crippen MR) is 98.3 cm³/mol. The van der Waals surface area contributed by atoms with Crippen LogP contribution >= 0.6 is 0 Å². The molecule has 0 aliphatic carbocycles. The van der Waals surface area contributed by atoms with Crippen LogP contribution in [0.25, 0.3) is 17.1 Å². The lowest BCUT2D eigenvalue weighted by Crippen LogP contribution is -2.21. The molecular weight excluding hydrogens is 404 g/mol. The number of aromatic nitrogens is 5. The highest BCUT2D eigenvalue weighted by molar-refractivity contribution is 6.05. The van der Waals surface area contributed by atoms with Gasteiger partial charge in [0.05, 0.1) is 23.1 Å². The predicted octanol–water partition coefficient (Wildman–Crippen LogP) is 4.07. The average Bonchev–Trinajstić information content (AvgIpc) is 3.40. The first-order valence-corrected chi connectivity index (χ1v) is 8.52. The summed E-state index contributed by atoms with van der Waals surface area (Å²) < 4.78 is 56.1. The average molecular weight is 416 g/mol. The zero-order valence-corrected chi connectivity index (χ0v) is 15.0. The Morgan fingerprint density at radius 2 is 1.87 bits per heavy atom. The maximum absolute atomic E-state index is 14.4. The number of amides is 1. The number of H-pyrrole nitrogens is 1. The molecule has 0 bridgehead atoms. The zero-order chi connectivity index (χ0) is 21.3. The van der Waals surface area contributed by atoms with E-state index >= 15 is 0 Å². The SMILES string of the molecule is O=C(Nc1ccc(-c2ncn[nH]2)cc1F)c1cnn(-c2ccccc2)c1C(F)(F)F. The van der Waals surface area contributed by atoms with E-state index in [9.17, 15) is 22.4 Å². The molecule has 4 rings (SSSR count). The van der Waals surface area contributed by atoms with Gasteiger partial charge in [0.1, 0.15) is 12.1 Å². The molecule has 2 N–H and O–H groups in total. The highest BCUT2D eigenvalue weighted by atomic mass is 19.4. The number of hydrogen-bond donors (Lipinski definition) is 2. The molecule has 0 spiro atoms. The second-order valence-electron chi connectivity index (χ2n) is 6.13. The molecule has 152 valence electrons. The van der Waals surface area contributed by atoms with Crippen LogP contribution in [-0.4, -0.2) is 30.9 Å². The number of carbonyl (C=O) groups excluding carboxylic acids is 1. The van der Waals surface area contributed by atoms with Crippen molar-refractivity contribution >= 4 is 11.6 Å². The van der Waals surface area contributed by atoms with E-state index in [4.69, 9.17) is 0 Å². The van der Waals surface area contributed by atoms with Gasteiger partial charge in [-0.15, -0.1) is 0 Å². The van der Waals surface area contributed by atoms with Crippen LogP contribution in [-0.2, 0) is 6.18 Å². The van der Waals surface area contributed by atoms with Crippen LogP contribution in [0.4, 0.5) is 23.2 Å². The minimum absolute atomic E-state index is 0.131. The van der Waals surface area contributed by atoms with Gasteiger partial charge in [-0.1, -0.05) is 18.2 Å². The van der Waals surface area contributed by atoms with Crippen molar-refractivity contribution in [2.45, 2.75) is 6.18 Å². The molecular formula is C19H12F4N6O. The Morgan fingerprint density at radius 1 is 1.10 bits per heavy atom. The van der Waals surface area contributed by atoms with Crippen LogP contribution < -0.4 is 5.32 Å². The molecule has 2 aromatic heterocycles. The smallest absolute Gasteiger partial charge is 0.319 e. The standard InChI is InChI=1S/C19H12F4N6O/c20-14-8-11(17-24-10-25-28-17)6-7-15(14)27-18(30)13-9-26-29(16(13)19(21,22)23)12-4-2-1-3-5-12/h1-10H,(H,27,30)(H,24,25,28). The first kappa shape index (κ1) is 19.3. The number of nitrogens with zero attached hydrogens (tertiary/aromatic N) is 4. The lowest BCUT2D eigenvalue weighted by molar-refractivity contribution is -0.143. The summed E-state index contributed by atoms with van der Waals surface area (Å²) in [7, 11) is 0. The molecule has 0 atom stereocenters. The Bertz CT molecular complexity index is 1190. The molecule has 0 aliphatic rings. The molecule has 0 saturated carbocycles. The number of para-hydroxylation sites is 1. The molecule has 0 saturated heterocycles. The Morgan fingerprint density at radius 3 is 2.50 bits per heavy atom. The third-order valence-electron chi connectivity index (χ3n) is 4.19. The van der Waals surface area contributed by atoms with E-state index in [2.05, 4.69) is 25.6 Å².